The van der Waals surface area contributed by atoms with E-state index in [0.717, 1.165) is 11.1 Å². The average Bonchev–Trinajstić information content (AvgIpc) is 3.34. The molecule has 8 nitrogen and oxygen atoms in total. The molecule has 0 saturated carbocycles. The minimum absolute atomic E-state index is 0.118. The number of likely N-dealkylation sites (tertiary alicyclic amines) is 1. The molecule has 4 N–H and O–H groups in total. The molecule has 2 amide bonds. The molecule has 29 heavy (non-hydrogen) atoms. The summed E-state index contributed by atoms with van der Waals surface area (Å²) in [5.74, 6) is 0.0609. The van der Waals surface area contributed by atoms with Gasteiger partial charge in [-0.05, 0) is 11.0 Å². The van der Waals surface area contributed by atoms with Crippen molar-refractivity contribution < 1.29 is 19.1 Å². The van der Waals surface area contributed by atoms with Gasteiger partial charge in [-0.1, -0.05) is 45.0 Å². The summed E-state index contributed by atoms with van der Waals surface area (Å²) < 4.78 is 5.26. The van der Waals surface area contributed by atoms with E-state index in [1.807, 2.05) is 45.0 Å². The number of carbonyl (C=O) groups is 2. The second-order valence-corrected chi connectivity index (χ2v) is 8.52. The molecule has 2 heterocycles. The summed E-state index contributed by atoms with van der Waals surface area (Å²) in [6.45, 7) is 6.06. The lowest BCUT2D eigenvalue weighted by Gasteiger charge is -2.32. The number of nitrogens with zero attached hydrogens (tertiary/aromatic N) is 2. The Bertz CT molecular complexity index is 843. The Labute approximate surface area is 170 Å². The first-order valence-electron chi connectivity index (χ1n) is 9.66. The summed E-state index contributed by atoms with van der Waals surface area (Å²) >= 11 is 0. The van der Waals surface area contributed by atoms with Crippen molar-refractivity contribution in [3.8, 4) is 11.3 Å². The zero-order valence-electron chi connectivity index (χ0n) is 17.0. The summed E-state index contributed by atoms with van der Waals surface area (Å²) in [5, 5.41) is 12.9. The smallest absolute Gasteiger partial charge is 0.243 e. The fraction of sp³-hybridized carbons (Fsp3) is 0.476. The van der Waals surface area contributed by atoms with Gasteiger partial charge < -0.3 is 25.5 Å². The highest BCUT2D eigenvalue weighted by Gasteiger charge is 2.42. The van der Waals surface area contributed by atoms with Gasteiger partial charge in [-0.25, -0.2) is 4.98 Å². The van der Waals surface area contributed by atoms with Crippen LogP contribution in [-0.4, -0.2) is 51.5 Å². The van der Waals surface area contributed by atoms with Crippen molar-refractivity contribution >= 4 is 11.8 Å². The number of benzene rings is 1. The summed E-state index contributed by atoms with van der Waals surface area (Å²) in [6, 6.07) is 6.09. The number of carbonyl (C=O) groups excluding carboxylic acids is 2. The second-order valence-electron chi connectivity index (χ2n) is 8.52. The zero-order valence-corrected chi connectivity index (χ0v) is 17.0. The van der Waals surface area contributed by atoms with E-state index in [0.29, 0.717) is 12.3 Å². The van der Waals surface area contributed by atoms with Crippen LogP contribution < -0.4 is 11.1 Å². The molecule has 1 saturated heterocycles. The number of nitrogens with one attached hydrogen (secondary N) is 1. The molecule has 0 aliphatic carbocycles. The van der Waals surface area contributed by atoms with E-state index in [-0.39, 0.29) is 24.8 Å². The van der Waals surface area contributed by atoms with E-state index < -0.39 is 23.6 Å². The molecule has 2 aromatic rings. The first-order valence-corrected chi connectivity index (χ1v) is 9.66. The molecule has 3 atom stereocenters. The van der Waals surface area contributed by atoms with Crippen LogP contribution >= 0.6 is 0 Å². The molecule has 1 aromatic carbocycles. The van der Waals surface area contributed by atoms with Crippen LogP contribution in [0.3, 0.4) is 0 Å². The predicted molar refractivity (Wildman–Crippen MR) is 107 cm³/mol. The van der Waals surface area contributed by atoms with Gasteiger partial charge in [0.1, 0.15) is 6.04 Å². The van der Waals surface area contributed by atoms with Crippen molar-refractivity contribution in [1.82, 2.24) is 15.2 Å². The third-order valence-corrected chi connectivity index (χ3v) is 5.20. The van der Waals surface area contributed by atoms with Gasteiger partial charge in [-0.3, -0.25) is 9.59 Å². The molecule has 1 aliphatic rings. The fourth-order valence-electron chi connectivity index (χ4n) is 3.31. The summed E-state index contributed by atoms with van der Waals surface area (Å²) in [5.41, 5.74) is 7.45. The molecule has 0 unspecified atom stereocenters. The third-order valence-electron chi connectivity index (χ3n) is 5.20. The van der Waals surface area contributed by atoms with E-state index in [4.69, 9.17) is 10.2 Å². The number of nitrogens with two attached hydrogens (primary N) is 1. The maximum atomic E-state index is 12.8. The van der Waals surface area contributed by atoms with Crippen molar-refractivity contribution in [2.45, 2.75) is 51.9 Å². The molecule has 1 aromatic heterocycles. The highest BCUT2D eigenvalue weighted by atomic mass is 16.3. The van der Waals surface area contributed by atoms with Gasteiger partial charge in [-0.15, -0.1) is 0 Å². The zero-order chi connectivity index (χ0) is 21.2. The standard InChI is InChI=1S/C21H28N4O4/c1-21(2,3)18(22)20(28)25-11-15(26)8-16(25)19(27)24-9-13-4-6-14(7-5-13)17-10-23-12-29-17/h4-7,10,12,15-16,18,26H,8-9,11,22H2,1-3H3,(H,24,27)/t15-,16+,18-/m1/s1. The van der Waals surface area contributed by atoms with Crippen molar-refractivity contribution in [1.29, 1.82) is 0 Å². The lowest BCUT2D eigenvalue weighted by atomic mass is 9.86. The van der Waals surface area contributed by atoms with E-state index in [2.05, 4.69) is 10.3 Å². The minimum Gasteiger partial charge on any atom is -0.444 e. The van der Waals surface area contributed by atoms with E-state index in [1.54, 1.807) is 6.20 Å². The second kappa shape index (κ2) is 8.34. The number of aromatic nitrogens is 1. The molecule has 3 rings (SSSR count). The average molecular weight is 400 g/mol. The maximum Gasteiger partial charge on any atom is 0.243 e. The fourth-order valence-corrected chi connectivity index (χ4v) is 3.31. The quantitative estimate of drug-likeness (QED) is 0.695. The summed E-state index contributed by atoms with van der Waals surface area (Å²) in [4.78, 5) is 30.8. The van der Waals surface area contributed by atoms with Gasteiger partial charge in [0.15, 0.2) is 12.2 Å². The highest BCUT2D eigenvalue weighted by molar-refractivity contribution is 5.90. The van der Waals surface area contributed by atoms with Gasteiger partial charge >= 0.3 is 0 Å². The Morgan fingerprint density at radius 3 is 2.62 bits per heavy atom. The topological polar surface area (TPSA) is 122 Å². The van der Waals surface area contributed by atoms with Crippen molar-refractivity contribution in [3.05, 3.63) is 42.4 Å². The predicted octanol–water partition coefficient (Wildman–Crippen LogP) is 1.29. The van der Waals surface area contributed by atoms with Crippen LogP contribution in [0.25, 0.3) is 11.3 Å². The van der Waals surface area contributed by atoms with E-state index in [9.17, 15) is 14.7 Å². The Morgan fingerprint density at radius 2 is 2.03 bits per heavy atom. The first kappa shape index (κ1) is 21.0. The van der Waals surface area contributed by atoms with Crippen molar-refractivity contribution in [2.24, 2.45) is 11.1 Å². The monoisotopic (exact) mass is 400 g/mol. The molecule has 0 bridgehead atoms. The third kappa shape index (κ3) is 4.83. The number of amides is 2. The van der Waals surface area contributed by atoms with Gasteiger partial charge in [0.2, 0.25) is 11.8 Å². The largest absolute Gasteiger partial charge is 0.444 e. The van der Waals surface area contributed by atoms with Gasteiger partial charge in [-0.2, -0.15) is 0 Å². The molecule has 0 radical (unpaired) electrons. The number of hydrogen-bond acceptors (Lipinski definition) is 6. The number of oxazole rings is 1. The van der Waals surface area contributed by atoms with Gasteiger partial charge in [0, 0.05) is 25.1 Å². The lowest BCUT2D eigenvalue weighted by molar-refractivity contribution is -0.141. The molecule has 8 heteroatoms. The SMILES string of the molecule is CC(C)(C)[C@H](N)C(=O)N1C[C@H](O)C[C@H]1C(=O)NCc1ccc(-c2cnco2)cc1. The number of hydrogen-bond donors (Lipinski definition) is 3. The van der Waals surface area contributed by atoms with Crippen LogP contribution in [0.2, 0.25) is 0 Å². The van der Waals surface area contributed by atoms with E-state index in [1.165, 1.54) is 11.3 Å². The van der Waals surface area contributed by atoms with Crippen LogP contribution in [0.1, 0.15) is 32.8 Å². The van der Waals surface area contributed by atoms with Crippen molar-refractivity contribution in [2.75, 3.05) is 6.54 Å². The van der Waals surface area contributed by atoms with Crippen LogP contribution in [-0.2, 0) is 16.1 Å². The van der Waals surface area contributed by atoms with Crippen molar-refractivity contribution in [3.63, 3.8) is 0 Å². The Balaban J connectivity index is 1.62. The van der Waals surface area contributed by atoms with Crippen LogP contribution in [0.4, 0.5) is 0 Å². The summed E-state index contributed by atoms with van der Waals surface area (Å²) in [7, 11) is 0. The number of rotatable bonds is 5. The summed E-state index contributed by atoms with van der Waals surface area (Å²) in [6.07, 6.45) is 2.48. The molecular formula is C21H28N4O4. The molecule has 1 fully saturated rings. The number of aliphatic hydroxyl groups is 1. The minimum atomic E-state index is -0.744. The molecule has 156 valence electrons. The maximum absolute atomic E-state index is 12.8. The number of β-amino-alcohol motifs (C(OH)–C–C–N with tert-alkyl or cyclic N) is 1. The van der Waals surface area contributed by atoms with Crippen LogP contribution in [0, 0.1) is 5.41 Å². The molecule has 1 aliphatic heterocycles. The normalized spacial score (nSPS) is 20.5. The Hall–Kier alpha value is -2.71. The lowest BCUT2D eigenvalue weighted by Crippen LogP contribution is -2.54. The van der Waals surface area contributed by atoms with Gasteiger partial charge in [0.05, 0.1) is 18.3 Å². The highest BCUT2D eigenvalue weighted by Crippen LogP contribution is 2.25. The molecule has 0 spiro atoms. The number of aliphatic hydroxyl groups excluding tert-OH is 1. The Morgan fingerprint density at radius 1 is 1.34 bits per heavy atom. The van der Waals surface area contributed by atoms with Crippen LogP contribution in [0.5, 0.6) is 0 Å². The molecular weight excluding hydrogens is 372 g/mol. The first-order chi connectivity index (χ1) is 13.7. The Kier molecular flexibility index (Phi) is 6.04. The van der Waals surface area contributed by atoms with E-state index >= 15 is 0 Å². The van der Waals surface area contributed by atoms with Gasteiger partial charge in [0.25, 0.3) is 0 Å². The van der Waals surface area contributed by atoms with Crippen LogP contribution in [0.15, 0.2) is 41.3 Å².